The predicted molar refractivity (Wildman–Crippen MR) is 133 cm³/mol. The van der Waals surface area contributed by atoms with Crippen molar-refractivity contribution < 1.29 is 18.0 Å². The molecular formula is C27H22F3N7O. The smallest absolute Gasteiger partial charge is 0.322 e. The summed E-state index contributed by atoms with van der Waals surface area (Å²) in [6.45, 7) is 1.76. The topological polar surface area (TPSA) is 87.5 Å². The molecule has 192 valence electrons. The highest BCUT2D eigenvalue weighted by Gasteiger charge is 2.39. The van der Waals surface area contributed by atoms with Gasteiger partial charge in [-0.2, -0.15) is 18.3 Å². The molecule has 6 rings (SSSR count). The molecule has 0 spiro atoms. The maximum Gasteiger partial charge on any atom is 0.416 e. The van der Waals surface area contributed by atoms with Crippen LogP contribution >= 0.6 is 0 Å². The molecule has 5 heterocycles. The standard InChI is InChI=1S/C27H22F3N7O/c28-27(29,30)24-10-20(5-4-18(24)15-36-16-21-9-23(36)14-32-21)35-26(38)19-8-17(11-31-12-19)3-6-22-13-33-25-2-1-7-34-37(22)25/h1-2,4-5,7-8,10-13,21,23,32H,9,14-16H2,(H,35,38). The first kappa shape index (κ1) is 24.1. The maximum absolute atomic E-state index is 13.9. The molecule has 0 saturated carbocycles. The van der Waals surface area contributed by atoms with E-state index in [2.05, 4.69) is 42.4 Å². The summed E-state index contributed by atoms with van der Waals surface area (Å²) >= 11 is 0. The van der Waals surface area contributed by atoms with Crippen molar-refractivity contribution in [3.8, 4) is 11.8 Å². The van der Waals surface area contributed by atoms with Crippen LogP contribution in [-0.2, 0) is 12.7 Å². The third-order valence-corrected chi connectivity index (χ3v) is 6.83. The summed E-state index contributed by atoms with van der Waals surface area (Å²) in [7, 11) is 0. The molecule has 11 heteroatoms. The lowest BCUT2D eigenvalue weighted by Crippen LogP contribution is -2.43. The van der Waals surface area contributed by atoms with Gasteiger partial charge in [0.15, 0.2) is 5.65 Å². The van der Waals surface area contributed by atoms with Gasteiger partial charge in [0.1, 0.15) is 5.69 Å². The summed E-state index contributed by atoms with van der Waals surface area (Å²) < 4.78 is 43.4. The van der Waals surface area contributed by atoms with Crippen LogP contribution in [0.1, 0.15) is 39.2 Å². The zero-order chi connectivity index (χ0) is 26.3. The molecule has 0 radical (unpaired) electrons. The number of nitrogens with zero attached hydrogens (tertiary/aromatic N) is 5. The van der Waals surface area contributed by atoms with Crippen LogP contribution < -0.4 is 10.6 Å². The molecule has 2 atom stereocenters. The highest BCUT2D eigenvalue weighted by molar-refractivity contribution is 6.04. The molecule has 2 saturated heterocycles. The number of amides is 1. The van der Waals surface area contributed by atoms with E-state index in [1.165, 1.54) is 30.6 Å². The van der Waals surface area contributed by atoms with E-state index in [1.54, 1.807) is 29.0 Å². The molecule has 2 unspecified atom stereocenters. The second-order valence-corrected chi connectivity index (χ2v) is 9.40. The molecular weight excluding hydrogens is 495 g/mol. The van der Waals surface area contributed by atoms with Crippen molar-refractivity contribution in [3.05, 3.63) is 89.1 Å². The number of anilines is 1. The fourth-order valence-electron chi connectivity index (χ4n) is 5.00. The fourth-order valence-corrected chi connectivity index (χ4v) is 5.00. The normalized spacial score (nSPS) is 18.9. The quantitative estimate of drug-likeness (QED) is 0.404. The van der Waals surface area contributed by atoms with E-state index in [4.69, 9.17) is 0 Å². The Morgan fingerprint density at radius 2 is 2.05 bits per heavy atom. The summed E-state index contributed by atoms with van der Waals surface area (Å²) in [5.74, 6) is 5.30. The number of aromatic nitrogens is 4. The SMILES string of the molecule is O=C(Nc1ccc(CN2CC3CC2CN3)c(C(F)(F)F)c1)c1cncc(C#Cc2cnc3cccnn23)c1. The average Bonchev–Trinajstić information content (AvgIpc) is 3.64. The second kappa shape index (κ2) is 9.55. The molecule has 2 aliphatic rings. The van der Waals surface area contributed by atoms with Gasteiger partial charge in [0.05, 0.1) is 17.3 Å². The molecule has 2 aliphatic heterocycles. The Bertz CT molecular complexity index is 1590. The lowest BCUT2D eigenvalue weighted by molar-refractivity contribution is -0.138. The lowest BCUT2D eigenvalue weighted by atomic mass is 10.0. The number of hydrogen-bond donors (Lipinski definition) is 2. The summed E-state index contributed by atoms with van der Waals surface area (Å²) in [5, 5.41) is 10.1. The Kier molecular flexibility index (Phi) is 6.06. The first-order valence-electron chi connectivity index (χ1n) is 12.1. The second-order valence-electron chi connectivity index (χ2n) is 9.40. The zero-order valence-corrected chi connectivity index (χ0v) is 20.0. The number of alkyl halides is 3. The van der Waals surface area contributed by atoms with Gasteiger partial charge in [0.25, 0.3) is 5.91 Å². The molecule has 4 aromatic rings. The van der Waals surface area contributed by atoms with Crippen LogP contribution in [0.4, 0.5) is 18.9 Å². The highest BCUT2D eigenvalue weighted by atomic mass is 19.4. The van der Waals surface area contributed by atoms with Crippen LogP contribution in [0, 0.1) is 11.8 Å². The molecule has 0 aliphatic carbocycles. The summed E-state index contributed by atoms with van der Waals surface area (Å²) in [6.07, 6.45) is 2.46. The molecule has 38 heavy (non-hydrogen) atoms. The van der Waals surface area contributed by atoms with E-state index in [-0.39, 0.29) is 29.4 Å². The third-order valence-electron chi connectivity index (χ3n) is 6.83. The van der Waals surface area contributed by atoms with Crippen molar-refractivity contribution in [2.24, 2.45) is 0 Å². The Morgan fingerprint density at radius 1 is 1.16 bits per heavy atom. The summed E-state index contributed by atoms with van der Waals surface area (Å²) in [5.41, 5.74) is 1.36. The summed E-state index contributed by atoms with van der Waals surface area (Å²) in [6, 6.07) is 9.65. The van der Waals surface area contributed by atoms with E-state index in [0.717, 1.165) is 25.6 Å². The van der Waals surface area contributed by atoms with E-state index in [1.807, 2.05) is 0 Å². The fraction of sp³-hybridized carbons (Fsp3) is 0.259. The first-order valence-corrected chi connectivity index (χ1v) is 12.1. The Morgan fingerprint density at radius 3 is 2.84 bits per heavy atom. The van der Waals surface area contributed by atoms with Crippen molar-refractivity contribution in [2.45, 2.75) is 31.2 Å². The number of benzene rings is 1. The van der Waals surface area contributed by atoms with Crippen LogP contribution in [0.25, 0.3) is 5.65 Å². The number of carbonyl (C=O) groups excluding carboxylic acids is 1. The summed E-state index contributed by atoms with van der Waals surface area (Å²) in [4.78, 5) is 23.2. The Hall–Kier alpha value is -4.27. The number of imidazole rings is 1. The van der Waals surface area contributed by atoms with Gasteiger partial charge < -0.3 is 10.6 Å². The van der Waals surface area contributed by atoms with Crippen LogP contribution in [0.5, 0.6) is 0 Å². The Labute approximate surface area is 215 Å². The van der Waals surface area contributed by atoms with Crippen LogP contribution in [-0.4, -0.2) is 55.6 Å². The van der Waals surface area contributed by atoms with Gasteiger partial charge in [0.2, 0.25) is 0 Å². The highest BCUT2D eigenvalue weighted by Crippen LogP contribution is 2.36. The lowest BCUT2D eigenvalue weighted by Gasteiger charge is -2.28. The molecule has 2 bridgehead atoms. The van der Waals surface area contributed by atoms with Crippen molar-refractivity contribution in [2.75, 3.05) is 18.4 Å². The monoisotopic (exact) mass is 517 g/mol. The van der Waals surface area contributed by atoms with E-state index >= 15 is 0 Å². The number of carbonyl (C=O) groups is 1. The van der Waals surface area contributed by atoms with Crippen molar-refractivity contribution in [1.82, 2.24) is 29.8 Å². The number of hydrogen-bond acceptors (Lipinski definition) is 6. The van der Waals surface area contributed by atoms with Crippen molar-refractivity contribution in [1.29, 1.82) is 0 Å². The molecule has 2 N–H and O–H groups in total. The minimum absolute atomic E-state index is 0.0592. The number of likely N-dealkylation sites (tertiary alicyclic amines) is 1. The number of rotatable bonds is 4. The van der Waals surface area contributed by atoms with E-state index in [0.29, 0.717) is 22.9 Å². The van der Waals surface area contributed by atoms with Gasteiger partial charge in [-0.15, -0.1) is 0 Å². The number of piperazine rings is 1. The number of halogens is 3. The largest absolute Gasteiger partial charge is 0.416 e. The molecule has 2 fully saturated rings. The minimum atomic E-state index is -4.54. The van der Waals surface area contributed by atoms with Gasteiger partial charge in [-0.25, -0.2) is 9.50 Å². The van der Waals surface area contributed by atoms with Gasteiger partial charge >= 0.3 is 6.18 Å². The molecule has 1 aromatic carbocycles. The van der Waals surface area contributed by atoms with Gasteiger partial charge in [-0.1, -0.05) is 12.0 Å². The maximum atomic E-state index is 13.9. The molecule has 8 nitrogen and oxygen atoms in total. The number of nitrogens with one attached hydrogen (secondary N) is 2. The minimum Gasteiger partial charge on any atom is -0.322 e. The van der Waals surface area contributed by atoms with Gasteiger partial charge in [0, 0.05) is 61.6 Å². The third kappa shape index (κ3) is 4.83. The van der Waals surface area contributed by atoms with Crippen LogP contribution in [0.15, 0.2) is 61.2 Å². The molecule has 3 aromatic heterocycles. The van der Waals surface area contributed by atoms with Crippen LogP contribution in [0.3, 0.4) is 0 Å². The van der Waals surface area contributed by atoms with Gasteiger partial charge in [-0.05, 0) is 48.2 Å². The molecule has 1 amide bonds. The van der Waals surface area contributed by atoms with Crippen molar-refractivity contribution >= 4 is 17.2 Å². The van der Waals surface area contributed by atoms with Gasteiger partial charge in [-0.3, -0.25) is 14.7 Å². The number of pyridine rings is 1. The average molecular weight is 518 g/mol. The van der Waals surface area contributed by atoms with Crippen molar-refractivity contribution in [3.63, 3.8) is 0 Å². The number of fused-ring (bicyclic) bond motifs is 3. The Balaban J connectivity index is 1.20. The predicted octanol–water partition coefficient (Wildman–Crippen LogP) is 3.34. The first-order chi connectivity index (χ1) is 18.3. The zero-order valence-electron chi connectivity index (χ0n) is 20.0. The van der Waals surface area contributed by atoms with E-state index < -0.39 is 17.6 Å². The van der Waals surface area contributed by atoms with Crippen LogP contribution in [0.2, 0.25) is 0 Å². The van der Waals surface area contributed by atoms with E-state index in [9.17, 15) is 18.0 Å².